The molecule has 0 atom stereocenters. The smallest absolute Gasteiger partial charge is 0.149 e. The van der Waals surface area contributed by atoms with E-state index in [-0.39, 0.29) is 0 Å². The van der Waals surface area contributed by atoms with Gasteiger partial charge in [0.15, 0.2) is 0 Å². The Balaban J connectivity index is 1.63. The fourth-order valence-electron chi connectivity index (χ4n) is 2.20. The lowest BCUT2D eigenvalue weighted by atomic mass is 10.1. The van der Waals surface area contributed by atoms with Crippen molar-refractivity contribution < 1.29 is 4.79 Å². The molecule has 0 amide bonds. The number of carbonyl (C=O) groups excluding carboxylic acids is 1. The Morgan fingerprint density at radius 1 is 1.53 bits per heavy atom. The molecule has 0 N–H and O–H groups in total. The third kappa shape index (κ3) is 1.99. The van der Waals surface area contributed by atoms with Crippen molar-refractivity contribution in [2.45, 2.75) is 25.8 Å². The number of hydrogen-bond acceptors (Lipinski definition) is 3. The van der Waals surface area contributed by atoms with Crippen LogP contribution in [-0.2, 0) is 17.8 Å². The van der Waals surface area contributed by atoms with Crippen LogP contribution in [0.1, 0.15) is 23.3 Å². The SMILES string of the molecule is O=C(CN1CCc2sccc2C1)C1CC1. The topological polar surface area (TPSA) is 20.3 Å². The molecular formula is C12H15NOS. The van der Waals surface area contributed by atoms with Gasteiger partial charge in [0.25, 0.3) is 0 Å². The van der Waals surface area contributed by atoms with Crippen LogP contribution in [0.3, 0.4) is 0 Å². The first-order valence-electron chi connectivity index (χ1n) is 5.63. The maximum absolute atomic E-state index is 11.7. The van der Waals surface area contributed by atoms with E-state index in [2.05, 4.69) is 16.3 Å². The molecule has 1 saturated carbocycles. The Bertz CT molecular complexity index is 381. The van der Waals surface area contributed by atoms with Gasteiger partial charge < -0.3 is 0 Å². The summed E-state index contributed by atoms with van der Waals surface area (Å²) in [6.45, 7) is 2.73. The highest BCUT2D eigenvalue weighted by atomic mass is 32.1. The number of ketones is 1. The lowest BCUT2D eigenvalue weighted by Gasteiger charge is -2.25. The van der Waals surface area contributed by atoms with Crippen LogP contribution >= 0.6 is 11.3 Å². The van der Waals surface area contributed by atoms with E-state index >= 15 is 0 Å². The summed E-state index contributed by atoms with van der Waals surface area (Å²) in [5.41, 5.74) is 1.44. The predicted octanol–water partition coefficient (Wildman–Crippen LogP) is 2.09. The molecule has 0 aromatic carbocycles. The van der Waals surface area contributed by atoms with Crippen molar-refractivity contribution in [1.29, 1.82) is 0 Å². The molecule has 1 aliphatic carbocycles. The van der Waals surface area contributed by atoms with Crippen molar-refractivity contribution in [3.63, 3.8) is 0 Å². The van der Waals surface area contributed by atoms with Crippen molar-refractivity contribution in [2.75, 3.05) is 13.1 Å². The zero-order chi connectivity index (χ0) is 10.3. The second-order valence-electron chi connectivity index (χ2n) is 4.57. The second-order valence-corrected chi connectivity index (χ2v) is 5.57. The highest BCUT2D eigenvalue weighted by Gasteiger charge is 2.31. The largest absolute Gasteiger partial charge is 0.298 e. The molecule has 0 unspecified atom stereocenters. The summed E-state index contributed by atoms with van der Waals surface area (Å²) in [5, 5.41) is 2.16. The molecular weight excluding hydrogens is 206 g/mol. The first kappa shape index (κ1) is 9.55. The van der Waals surface area contributed by atoms with Crippen molar-refractivity contribution in [1.82, 2.24) is 4.90 Å². The van der Waals surface area contributed by atoms with Crippen molar-refractivity contribution in [3.8, 4) is 0 Å². The highest BCUT2D eigenvalue weighted by Crippen LogP contribution is 2.31. The molecule has 1 aromatic rings. The van der Waals surface area contributed by atoms with Gasteiger partial charge in [0.2, 0.25) is 0 Å². The van der Waals surface area contributed by atoms with E-state index in [0.717, 1.165) is 32.4 Å². The van der Waals surface area contributed by atoms with Crippen LogP contribution in [0.15, 0.2) is 11.4 Å². The van der Waals surface area contributed by atoms with Gasteiger partial charge in [0, 0.05) is 23.9 Å². The molecule has 3 rings (SSSR count). The maximum Gasteiger partial charge on any atom is 0.149 e. The fourth-order valence-corrected chi connectivity index (χ4v) is 3.09. The summed E-state index contributed by atoms with van der Waals surface area (Å²) in [6, 6.07) is 2.20. The zero-order valence-electron chi connectivity index (χ0n) is 8.74. The standard InChI is InChI=1S/C12H15NOS/c14-11(9-1-2-9)8-13-5-3-12-10(7-13)4-6-15-12/h4,6,9H,1-3,5,7-8H2. The monoisotopic (exact) mass is 221 g/mol. The van der Waals surface area contributed by atoms with Gasteiger partial charge in [-0.3, -0.25) is 9.69 Å². The normalized spacial score (nSPS) is 21.3. The van der Waals surface area contributed by atoms with Gasteiger partial charge in [-0.15, -0.1) is 11.3 Å². The summed E-state index contributed by atoms with van der Waals surface area (Å²) >= 11 is 1.85. The summed E-state index contributed by atoms with van der Waals surface area (Å²) in [6.07, 6.45) is 3.40. The van der Waals surface area contributed by atoms with Gasteiger partial charge >= 0.3 is 0 Å². The number of nitrogens with zero attached hydrogens (tertiary/aromatic N) is 1. The van der Waals surface area contributed by atoms with Gasteiger partial charge in [-0.2, -0.15) is 0 Å². The molecule has 0 spiro atoms. The van der Waals surface area contributed by atoms with Gasteiger partial charge in [0.1, 0.15) is 5.78 Å². The van der Waals surface area contributed by atoms with Gasteiger partial charge in [-0.05, 0) is 36.3 Å². The van der Waals surface area contributed by atoms with E-state index in [1.165, 1.54) is 10.4 Å². The van der Waals surface area contributed by atoms with Gasteiger partial charge in [-0.1, -0.05) is 0 Å². The molecule has 15 heavy (non-hydrogen) atoms. The molecule has 1 fully saturated rings. The maximum atomic E-state index is 11.7. The third-order valence-corrected chi connectivity index (χ3v) is 4.32. The average molecular weight is 221 g/mol. The number of rotatable bonds is 3. The van der Waals surface area contributed by atoms with E-state index in [9.17, 15) is 4.79 Å². The molecule has 1 aromatic heterocycles. The van der Waals surface area contributed by atoms with Crippen LogP contribution in [0.5, 0.6) is 0 Å². The Hall–Kier alpha value is -0.670. The average Bonchev–Trinajstić information content (AvgIpc) is 2.98. The second kappa shape index (κ2) is 3.72. The molecule has 0 bridgehead atoms. The first-order valence-corrected chi connectivity index (χ1v) is 6.51. The summed E-state index contributed by atoms with van der Waals surface area (Å²) in [5.74, 6) is 0.877. The first-order chi connectivity index (χ1) is 7.33. The molecule has 2 heterocycles. The minimum atomic E-state index is 0.411. The molecule has 0 saturated heterocycles. The Morgan fingerprint density at radius 3 is 3.20 bits per heavy atom. The number of carbonyl (C=O) groups is 1. The van der Waals surface area contributed by atoms with Crippen LogP contribution < -0.4 is 0 Å². The molecule has 0 radical (unpaired) electrons. The van der Waals surface area contributed by atoms with E-state index < -0.39 is 0 Å². The third-order valence-electron chi connectivity index (χ3n) is 3.30. The zero-order valence-corrected chi connectivity index (χ0v) is 9.55. The minimum Gasteiger partial charge on any atom is -0.298 e. The van der Waals surface area contributed by atoms with Crippen molar-refractivity contribution in [3.05, 3.63) is 21.9 Å². The molecule has 3 heteroatoms. The number of thiophene rings is 1. The minimum absolute atomic E-state index is 0.411. The Labute approximate surface area is 93.9 Å². The van der Waals surface area contributed by atoms with E-state index in [0.29, 0.717) is 18.2 Å². The lowest BCUT2D eigenvalue weighted by Crippen LogP contribution is -2.34. The molecule has 2 aliphatic rings. The van der Waals surface area contributed by atoms with Gasteiger partial charge in [-0.25, -0.2) is 0 Å². The summed E-state index contributed by atoms with van der Waals surface area (Å²) in [7, 11) is 0. The van der Waals surface area contributed by atoms with Gasteiger partial charge in [0.05, 0.1) is 6.54 Å². The Morgan fingerprint density at radius 2 is 2.40 bits per heavy atom. The number of Topliss-reactive ketones (excluding diaryl/α,β-unsaturated/α-hetero) is 1. The highest BCUT2D eigenvalue weighted by molar-refractivity contribution is 7.10. The number of fused-ring (bicyclic) bond motifs is 1. The Kier molecular flexibility index (Phi) is 2.37. The number of hydrogen-bond donors (Lipinski definition) is 0. The molecule has 2 nitrogen and oxygen atoms in total. The lowest BCUT2D eigenvalue weighted by molar-refractivity contribution is -0.121. The molecule has 1 aliphatic heterocycles. The van der Waals surface area contributed by atoms with E-state index in [4.69, 9.17) is 0 Å². The van der Waals surface area contributed by atoms with Crippen molar-refractivity contribution in [2.24, 2.45) is 5.92 Å². The van der Waals surface area contributed by atoms with Crippen LogP contribution in [-0.4, -0.2) is 23.8 Å². The van der Waals surface area contributed by atoms with Crippen LogP contribution in [0, 0.1) is 5.92 Å². The quantitative estimate of drug-likeness (QED) is 0.779. The predicted molar refractivity (Wildman–Crippen MR) is 61.0 cm³/mol. The summed E-state index contributed by atoms with van der Waals surface area (Å²) in [4.78, 5) is 15.5. The van der Waals surface area contributed by atoms with Crippen LogP contribution in [0.2, 0.25) is 0 Å². The van der Waals surface area contributed by atoms with Crippen LogP contribution in [0.25, 0.3) is 0 Å². The van der Waals surface area contributed by atoms with E-state index in [1.54, 1.807) is 0 Å². The van der Waals surface area contributed by atoms with Crippen LogP contribution in [0.4, 0.5) is 0 Å². The van der Waals surface area contributed by atoms with E-state index in [1.807, 2.05) is 11.3 Å². The van der Waals surface area contributed by atoms with Crippen molar-refractivity contribution >= 4 is 17.1 Å². The summed E-state index contributed by atoms with van der Waals surface area (Å²) < 4.78 is 0. The molecule has 80 valence electrons. The fraction of sp³-hybridized carbons (Fsp3) is 0.583.